The molecule has 1 aliphatic carbocycles. The van der Waals surface area contributed by atoms with Gasteiger partial charge in [-0.2, -0.15) is 0 Å². The van der Waals surface area contributed by atoms with Crippen LogP contribution in [0.4, 0.5) is 0 Å². The lowest BCUT2D eigenvalue weighted by molar-refractivity contribution is -0.209. The standard InChI is InChI=1S/C20H33BrO2/c1-7-19(5)12-11-17(22)20(6,23-19)13-10-15-14(2)8-9-16(21)18(15,3)4/h7-8,15-17,22H,1,9-13H2,2-6H3. The fraction of sp³-hybridized carbons (Fsp3) is 0.800. The molecule has 1 N–H and O–H groups in total. The van der Waals surface area contributed by atoms with Crippen LogP contribution in [0.5, 0.6) is 0 Å². The van der Waals surface area contributed by atoms with Gasteiger partial charge < -0.3 is 9.84 Å². The fourth-order valence-corrected chi connectivity index (χ4v) is 4.82. The number of hydrogen-bond donors (Lipinski definition) is 1. The lowest BCUT2D eigenvalue weighted by Crippen LogP contribution is -2.53. The number of aliphatic hydroxyl groups excluding tert-OH is 1. The Morgan fingerprint density at radius 3 is 2.65 bits per heavy atom. The third kappa shape index (κ3) is 3.77. The Morgan fingerprint density at radius 1 is 1.39 bits per heavy atom. The maximum Gasteiger partial charge on any atom is 0.0924 e. The molecule has 5 atom stereocenters. The van der Waals surface area contributed by atoms with Gasteiger partial charge in [0.25, 0.3) is 0 Å². The summed E-state index contributed by atoms with van der Waals surface area (Å²) in [4.78, 5) is 0.507. The van der Waals surface area contributed by atoms with E-state index in [4.69, 9.17) is 4.74 Å². The van der Waals surface area contributed by atoms with Gasteiger partial charge in [0.15, 0.2) is 0 Å². The van der Waals surface area contributed by atoms with Crippen molar-refractivity contribution in [3.63, 3.8) is 0 Å². The van der Waals surface area contributed by atoms with E-state index in [9.17, 15) is 5.11 Å². The van der Waals surface area contributed by atoms with Crippen LogP contribution in [0.3, 0.4) is 0 Å². The van der Waals surface area contributed by atoms with E-state index in [2.05, 4.69) is 63.2 Å². The second-order valence-electron chi connectivity index (χ2n) is 8.55. The molecule has 0 amide bonds. The summed E-state index contributed by atoms with van der Waals surface area (Å²) in [6.07, 6.45) is 8.49. The van der Waals surface area contributed by atoms with Gasteiger partial charge in [-0.1, -0.05) is 47.5 Å². The molecular formula is C20H33BrO2. The second kappa shape index (κ2) is 6.65. The maximum absolute atomic E-state index is 10.6. The van der Waals surface area contributed by atoms with Gasteiger partial charge in [0.1, 0.15) is 0 Å². The van der Waals surface area contributed by atoms with E-state index in [1.807, 2.05) is 6.08 Å². The van der Waals surface area contributed by atoms with Crippen LogP contribution in [0.1, 0.15) is 66.7 Å². The molecule has 23 heavy (non-hydrogen) atoms. The summed E-state index contributed by atoms with van der Waals surface area (Å²) in [5, 5.41) is 10.6. The molecule has 1 aliphatic heterocycles. The number of rotatable bonds is 4. The van der Waals surface area contributed by atoms with Crippen molar-refractivity contribution < 1.29 is 9.84 Å². The van der Waals surface area contributed by atoms with E-state index in [0.717, 1.165) is 32.1 Å². The zero-order valence-electron chi connectivity index (χ0n) is 15.4. The number of aliphatic hydroxyl groups is 1. The van der Waals surface area contributed by atoms with Gasteiger partial charge in [-0.25, -0.2) is 0 Å². The lowest BCUT2D eigenvalue weighted by atomic mass is 9.65. The van der Waals surface area contributed by atoms with Gasteiger partial charge in [-0.15, -0.1) is 6.58 Å². The number of halogens is 1. The highest BCUT2D eigenvalue weighted by molar-refractivity contribution is 9.09. The molecule has 132 valence electrons. The smallest absolute Gasteiger partial charge is 0.0924 e. The van der Waals surface area contributed by atoms with Gasteiger partial charge in [-0.05, 0) is 64.2 Å². The average molecular weight is 385 g/mol. The van der Waals surface area contributed by atoms with Gasteiger partial charge >= 0.3 is 0 Å². The van der Waals surface area contributed by atoms with Crippen molar-refractivity contribution in [1.29, 1.82) is 0 Å². The zero-order valence-corrected chi connectivity index (χ0v) is 16.9. The maximum atomic E-state index is 10.6. The van der Waals surface area contributed by atoms with E-state index in [1.54, 1.807) is 0 Å². The molecule has 0 aromatic carbocycles. The Morgan fingerprint density at radius 2 is 2.04 bits per heavy atom. The van der Waals surface area contributed by atoms with E-state index in [-0.39, 0.29) is 11.0 Å². The zero-order chi connectivity index (χ0) is 17.5. The largest absolute Gasteiger partial charge is 0.390 e. The highest BCUT2D eigenvalue weighted by Crippen LogP contribution is 2.48. The molecule has 0 spiro atoms. The van der Waals surface area contributed by atoms with Crippen LogP contribution in [0, 0.1) is 11.3 Å². The van der Waals surface area contributed by atoms with Crippen molar-refractivity contribution >= 4 is 15.9 Å². The predicted octanol–water partition coefficient (Wildman–Crippen LogP) is 5.40. The molecule has 3 heteroatoms. The van der Waals surface area contributed by atoms with Crippen LogP contribution < -0.4 is 0 Å². The Balaban J connectivity index is 2.13. The summed E-state index contributed by atoms with van der Waals surface area (Å²) in [6, 6.07) is 0. The molecule has 0 radical (unpaired) electrons. The molecule has 0 bridgehead atoms. The molecule has 2 rings (SSSR count). The van der Waals surface area contributed by atoms with Crippen LogP contribution >= 0.6 is 15.9 Å². The number of alkyl halides is 1. The van der Waals surface area contributed by atoms with Crippen molar-refractivity contribution in [3.8, 4) is 0 Å². The molecule has 0 aromatic rings. The Hall–Kier alpha value is -0.120. The van der Waals surface area contributed by atoms with Gasteiger partial charge in [0.05, 0.1) is 17.3 Å². The van der Waals surface area contributed by atoms with Crippen molar-refractivity contribution in [1.82, 2.24) is 0 Å². The molecule has 1 fully saturated rings. The van der Waals surface area contributed by atoms with Crippen LogP contribution in [0.2, 0.25) is 0 Å². The molecule has 0 aromatic heterocycles. The lowest BCUT2D eigenvalue weighted by Gasteiger charge is -2.49. The van der Waals surface area contributed by atoms with Crippen molar-refractivity contribution in [2.75, 3.05) is 0 Å². The first-order valence-electron chi connectivity index (χ1n) is 8.87. The summed E-state index contributed by atoms with van der Waals surface area (Å²) < 4.78 is 6.34. The molecule has 0 saturated carbocycles. The third-order valence-corrected chi connectivity index (χ3v) is 7.90. The quantitative estimate of drug-likeness (QED) is 0.519. The van der Waals surface area contributed by atoms with Gasteiger partial charge in [-0.3, -0.25) is 0 Å². The van der Waals surface area contributed by atoms with Crippen molar-refractivity contribution in [3.05, 3.63) is 24.3 Å². The topological polar surface area (TPSA) is 29.5 Å². The van der Waals surface area contributed by atoms with Gasteiger partial charge in [0.2, 0.25) is 0 Å². The normalized spacial score (nSPS) is 43.8. The van der Waals surface area contributed by atoms with E-state index < -0.39 is 11.7 Å². The number of allylic oxidation sites excluding steroid dienone is 2. The average Bonchev–Trinajstić information content (AvgIpc) is 2.47. The Labute approximate surface area is 150 Å². The highest BCUT2D eigenvalue weighted by atomic mass is 79.9. The van der Waals surface area contributed by atoms with E-state index >= 15 is 0 Å². The van der Waals surface area contributed by atoms with Crippen LogP contribution in [0.25, 0.3) is 0 Å². The summed E-state index contributed by atoms with van der Waals surface area (Å²) in [5.41, 5.74) is 0.887. The van der Waals surface area contributed by atoms with Crippen LogP contribution in [0.15, 0.2) is 24.3 Å². The fourth-order valence-electron chi connectivity index (χ4n) is 4.31. The molecule has 2 aliphatic rings. The SMILES string of the molecule is C=CC1(C)CCC(O)C(C)(CCC2C(C)=CCC(Br)C2(C)C)O1. The number of ether oxygens (including phenoxy) is 1. The van der Waals surface area contributed by atoms with Crippen LogP contribution in [-0.2, 0) is 4.74 Å². The van der Waals surface area contributed by atoms with Crippen molar-refractivity contribution in [2.45, 2.75) is 88.9 Å². The second-order valence-corrected chi connectivity index (χ2v) is 9.66. The third-order valence-electron chi connectivity index (χ3n) is 6.35. The first-order valence-corrected chi connectivity index (χ1v) is 9.78. The van der Waals surface area contributed by atoms with Gasteiger partial charge in [0, 0.05) is 4.83 Å². The van der Waals surface area contributed by atoms with Crippen molar-refractivity contribution in [2.24, 2.45) is 11.3 Å². The first kappa shape index (κ1) is 19.2. The molecule has 2 nitrogen and oxygen atoms in total. The Kier molecular flexibility index (Phi) is 5.55. The molecule has 1 saturated heterocycles. The number of hydrogen-bond acceptors (Lipinski definition) is 2. The summed E-state index contributed by atoms with van der Waals surface area (Å²) in [5.74, 6) is 0.519. The minimum absolute atomic E-state index is 0.219. The predicted molar refractivity (Wildman–Crippen MR) is 101 cm³/mol. The summed E-state index contributed by atoms with van der Waals surface area (Å²) >= 11 is 3.86. The van der Waals surface area contributed by atoms with Crippen LogP contribution in [-0.4, -0.2) is 27.2 Å². The minimum Gasteiger partial charge on any atom is -0.390 e. The van der Waals surface area contributed by atoms with E-state index in [1.165, 1.54) is 5.57 Å². The monoisotopic (exact) mass is 384 g/mol. The highest BCUT2D eigenvalue weighted by Gasteiger charge is 2.46. The minimum atomic E-state index is -0.489. The first-order chi connectivity index (χ1) is 10.5. The van der Waals surface area contributed by atoms with E-state index in [0.29, 0.717) is 10.7 Å². The molecule has 1 heterocycles. The molecule has 5 unspecified atom stereocenters. The summed E-state index contributed by atoms with van der Waals surface area (Å²) in [7, 11) is 0. The summed E-state index contributed by atoms with van der Waals surface area (Å²) in [6.45, 7) is 15.0. The molecular weight excluding hydrogens is 352 g/mol. The Bertz CT molecular complexity index is 484.